The second-order valence-corrected chi connectivity index (χ2v) is 11.8. The molecule has 0 radical (unpaired) electrons. The first-order valence-electron chi connectivity index (χ1n) is 16.2. The Labute approximate surface area is 275 Å². The average molecular weight is 641 g/mol. The van der Waals surface area contributed by atoms with Crippen molar-refractivity contribution in [3.63, 3.8) is 0 Å². The lowest BCUT2D eigenvalue weighted by molar-refractivity contribution is -0.121. The highest BCUT2D eigenvalue weighted by Gasteiger charge is 2.29. The van der Waals surface area contributed by atoms with E-state index < -0.39 is 0 Å². The Morgan fingerprint density at radius 3 is 2.49 bits per heavy atom. The Balaban J connectivity index is 1.21. The SMILES string of the molecule is COc1cc2c(c(OC)c1OC)-c1ccc(NCCCCCC(=O)NCCn3ccc4ccccc43)c(=O)cc1C(NC(C)=O)CC2. The number of fused-ring (bicyclic) bond motifs is 4. The molecule has 3 aromatic carbocycles. The Bertz CT molecular complexity index is 1800. The normalized spacial score (nSPS) is 13.6. The molecule has 0 aliphatic heterocycles. The minimum absolute atomic E-state index is 0.0477. The van der Waals surface area contributed by atoms with Gasteiger partial charge in [0.05, 0.1) is 33.1 Å². The molecule has 248 valence electrons. The predicted molar refractivity (Wildman–Crippen MR) is 185 cm³/mol. The van der Waals surface area contributed by atoms with Gasteiger partial charge in [-0.05, 0) is 78.1 Å². The largest absolute Gasteiger partial charge is 0.493 e. The van der Waals surface area contributed by atoms with Crippen LogP contribution in [0.1, 0.15) is 56.2 Å². The van der Waals surface area contributed by atoms with Crippen LogP contribution in [0.15, 0.2) is 65.6 Å². The first-order valence-corrected chi connectivity index (χ1v) is 16.2. The summed E-state index contributed by atoms with van der Waals surface area (Å²) < 4.78 is 19.3. The van der Waals surface area contributed by atoms with Crippen molar-refractivity contribution in [1.29, 1.82) is 0 Å². The summed E-state index contributed by atoms with van der Waals surface area (Å²) in [7, 11) is 4.72. The molecule has 5 rings (SSSR count). The van der Waals surface area contributed by atoms with Gasteiger partial charge in [-0.25, -0.2) is 0 Å². The number of para-hydroxylation sites is 1. The maximum Gasteiger partial charge on any atom is 0.220 e. The summed E-state index contributed by atoms with van der Waals surface area (Å²) in [6, 6.07) is 17.2. The van der Waals surface area contributed by atoms with Gasteiger partial charge < -0.3 is 34.7 Å². The third-order valence-electron chi connectivity index (χ3n) is 8.67. The van der Waals surface area contributed by atoms with Gasteiger partial charge in [0.2, 0.25) is 23.0 Å². The third kappa shape index (κ3) is 7.70. The van der Waals surface area contributed by atoms with Crippen LogP contribution in [0.4, 0.5) is 5.69 Å². The predicted octanol–water partition coefficient (Wildman–Crippen LogP) is 5.61. The van der Waals surface area contributed by atoms with Gasteiger partial charge in [0, 0.05) is 50.3 Å². The van der Waals surface area contributed by atoms with Gasteiger partial charge in [-0.3, -0.25) is 14.4 Å². The number of aryl methyl sites for hydroxylation is 1. The van der Waals surface area contributed by atoms with E-state index in [1.54, 1.807) is 33.5 Å². The number of hydrogen-bond acceptors (Lipinski definition) is 7. The van der Waals surface area contributed by atoms with E-state index in [1.165, 1.54) is 12.3 Å². The second-order valence-electron chi connectivity index (χ2n) is 11.8. The van der Waals surface area contributed by atoms with Crippen molar-refractivity contribution in [3.8, 4) is 28.4 Å². The molecule has 4 aromatic rings. The molecule has 0 fully saturated rings. The van der Waals surface area contributed by atoms with E-state index in [-0.39, 0.29) is 23.3 Å². The molecule has 1 heterocycles. The Kier molecular flexibility index (Phi) is 11.0. The highest BCUT2D eigenvalue weighted by molar-refractivity contribution is 5.84. The van der Waals surface area contributed by atoms with Crippen LogP contribution in [0.5, 0.6) is 17.2 Å². The van der Waals surface area contributed by atoms with Crippen LogP contribution in [-0.2, 0) is 22.6 Å². The van der Waals surface area contributed by atoms with Crippen LogP contribution in [0.2, 0.25) is 0 Å². The quantitative estimate of drug-likeness (QED) is 0.153. The molecule has 1 aliphatic rings. The van der Waals surface area contributed by atoms with E-state index in [2.05, 4.69) is 38.7 Å². The summed E-state index contributed by atoms with van der Waals surface area (Å²) in [5.41, 5.74) is 4.76. The highest BCUT2D eigenvalue weighted by Crippen LogP contribution is 2.50. The number of carbonyl (C=O) groups is 2. The molecule has 47 heavy (non-hydrogen) atoms. The summed E-state index contributed by atoms with van der Waals surface area (Å²) in [4.78, 5) is 38.1. The lowest BCUT2D eigenvalue weighted by Gasteiger charge is -2.19. The summed E-state index contributed by atoms with van der Waals surface area (Å²) in [5, 5.41) is 10.5. The van der Waals surface area contributed by atoms with Gasteiger partial charge in [0.1, 0.15) is 0 Å². The minimum Gasteiger partial charge on any atom is -0.493 e. The van der Waals surface area contributed by atoms with Crippen molar-refractivity contribution in [3.05, 3.63) is 82.1 Å². The van der Waals surface area contributed by atoms with Crippen LogP contribution < -0.4 is 35.6 Å². The van der Waals surface area contributed by atoms with Gasteiger partial charge in [-0.15, -0.1) is 0 Å². The summed E-state index contributed by atoms with van der Waals surface area (Å²) >= 11 is 0. The number of aromatic nitrogens is 1. The van der Waals surface area contributed by atoms with Crippen LogP contribution >= 0.6 is 0 Å². The van der Waals surface area contributed by atoms with Crippen LogP contribution in [0.25, 0.3) is 22.0 Å². The van der Waals surface area contributed by atoms with E-state index in [0.717, 1.165) is 53.6 Å². The molecule has 0 saturated heterocycles. The van der Waals surface area contributed by atoms with Crippen LogP contribution in [0, 0.1) is 0 Å². The van der Waals surface area contributed by atoms with Crippen LogP contribution in [0.3, 0.4) is 0 Å². The molecule has 1 atom stereocenters. The zero-order valence-corrected chi connectivity index (χ0v) is 27.6. The lowest BCUT2D eigenvalue weighted by atomic mass is 9.95. The molecule has 10 nitrogen and oxygen atoms in total. The van der Waals surface area contributed by atoms with Gasteiger partial charge in [0.15, 0.2) is 11.5 Å². The Hall–Kier alpha value is -4.99. The van der Waals surface area contributed by atoms with E-state index in [9.17, 15) is 14.4 Å². The third-order valence-corrected chi connectivity index (χ3v) is 8.67. The Morgan fingerprint density at radius 2 is 1.72 bits per heavy atom. The lowest BCUT2D eigenvalue weighted by Crippen LogP contribution is -2.26. The molecule has 0 saturated carbocycles. The van der Waals surface area contributed by atoms with Crippen molar-refractivity contribution >= 4 is 28.4 Å². The van der Waals surface area contributed by atoms with Crippen LogP contribution in [-0.4, -0.2) is 50.8 Å². The molecule has 10 heteroatoms. The molecule has 1 aromatic heterocycles. The molecular weight excluding hydrogens is 596 g/mol. The number of unbranched alkanes of at least 4 members (excludes halogenated alkanes) is 2. The fourth-order valence-corrected chi connectivity index (χ4v) is 6.40. The van der Waals surface area contributed by atoms with Gasteiger partial charge >= 0.3 is 0 Å². The smallest absolute Gasteiger partial charge is 0.220 e. The zero-order valence-electron chi connectivity index (χ0n) is 27.6. The second kappa shape index (κ2) is 15.5. The van der Waals surface area contributed by atoms with Crippen molar-refractivity contribution in [2.24, 2.45) is 0 Å². The number of carbonyl (C=O) groups excluding carboxylic acids is 2. The first kappa shape index (κ1) is 33.4. The maximum absolute atomic E-state index is 13.5. The van der Waals surface area contributed by atoms with Crippen molar-refractivity contribution in [1.82, 2.24) is 15.2 Å². The number of nitrogens with zero attached hydrogens (tertiary/aromatic N) is 1. The van der Waals surface area contributed by atoms with Crippen molar-refractivity contribution < 1.29 is 23.8 Å². The summed E-state index contributed by atoms with van der Waals surface area (Å²) in [5.74, 6) is 1.41. The van der Waals surface area contributed by atoms with E-state index in [0.29, 0.717) is 55.3 Å². The van der Waals surface area contributed by atoms with Gasteiger partial charge in [-0.1, -0.05) is 30.7 Å². The monoisotopic (exact) mass is 640 g/mol. The number of amides is 2. The molecule has 1 aliphatic carbocycles. The van der Waals surface area contributed by atoms with E-state index >= 15 is 0 Å². The van der Waals surface area contributed by atoms with Gasteiger partial charge in [-0.2, -0.15) is 0 Å². The first-order chi connectivity index (χ1) is 22.8. The number of ether oxygens (including phenoxy) is 3. The van der Waals surface area contributed by atoms with Crippen molar-refractivity contribution in [2.45, 2.75) is 58.0 Å². The molecular formula is C37H44N4O6. The fraction of sp³-hybridized carbons (Fsp3) is 0.378. The minimum atomic E-state index is -0.363. The van der Waals surface area contributed by atoms with E-state index in [4.69, 9.17) is 14.2 Å². The molecule has 0 bridgehead atoms. The highest BCUT2D eigenvalue weighted by atomic mass is 16.5. The number of methoxy groups -OCH3 is 3. The number of rotatable bonds is 14. The number of benzene rings is 2. The number of anilines is 1. The maximum atomic E-state index is 13.5. The fourth-order valence-electron chi connectivity index (χ4n) is 6.40. The number of nitrogens with one attached hydrogen (secondary N) is 3. The summed E-state index contributed by atoms with van der Waals surface area (Å²) in [6.07, 6.45) is 6.17. The standard InChI is InChI=1S/C37H44N4O6/c1-24(42)40-29-15-13-26-22-33(45-2)36(46-3)37(47-4)35(26)27-14-16-30(32(43)23-28(27)29)38-18-9-5-6-12-34(44)39-19-21-41-20-17-25-10-7-8-11-31(25)41/h7-8,10-11,14,16-17,20,22-23,29H,5-6,9,12-13,15,18-19,21H2,1-4H3,(H,38,43)(H,39,44)(H,40,42). The summed E-state index contributed by atoms with van der Waals surface area (Å²) in [6.45, 7) is 3.38. The molecule has 2 amide bonds. The van der Waals surface area contributed by atoms with E-state index in [1.807, 2.05) is 30.5 Å². The van der Waals surface area contributed by atoms with Gasteiger partial charge in [0.25, 0.3) is 0 Å². The number of hydrogen-bond donors (Lipinski definition) is 3. The Morgan fingerprint density at radius 1 is 0.915 bits per heavy atom. The average Bonchev–Trinajstić information content (AvgIpc) is 3.33. The zero-order chi connectivity index (χ0) is 33.3. The molecule has 3 N–H and O–H groups in total. The van der Waals surface area contributed by atoms with Crippen molar-refractivity contribution in [2.75, 3.05) is 39.7 Å². The topological polar surface area (TPSA) is 120 Å². The molecule has 1 unspecified atom stereocenters. The molecule has 0 spiro atoms.